The van der Waals surface area contributed by atoms with Crippen LogP contribution >= 0.6 is 0 Å². The van der Waals surface area contributed by atoms with E-state index in [9.17, 15) is 8.42 Å². The third kappa shape index (κ3) is 1.61. The molecule has 0 fully saturated rings. The lowest BCUT2D eigenvalue weighted by molar-refractivity contribution is 0.574. The van der Waals surface area contributed by atoms with Gasteiger partial charge in [-0.1, -0.05) is 26.0 Å². The molecule has 0 amide bonds. The van der Waals surface area contributed by atoms with E-state index in [1.807, 2.05) is 26.0 Å². The molecule has 4 heteroatoms. The van der Waals surface area contributed by atoms with Gasteiger partial charge in [0.2, 0.25) is 0 Å². The second-order valence-corrected chi connectivity index (χ2v) is 6.30. The zero-order valence-electron chi connectivity index (χ0n) is 9.66. The highest BCUT2D eigenvalue weighted by Crippen LogP contribution is 2.33. The molecule has 0 aliphatic carbocycles. The van der Waals surface area contributed by atoms with Crippen molar-refractivity contribution in [2.45, 2.75) is 36.8 Å². The second-order valence-electron chi connectivity index (χ2n) is 4.10. The molecule has 0 aromatic heterocycles. The summed E-state index contributed by atoms with van der Waals surface area (Å²) in [5.74, 6) is 0. The molecule has 1 aliphatic rings. The van der Waals surface area contributed by atoms with Gasteiger partial charge < -0.3 is 5.32 Å². The molecule has 0 saturated heterocycles. The number of nitrogens with one attached hydrogen (secondary N) is 1. The van der Waals surface area contributed by atoms with E-state index in [-0.39, 0.29) is 5.25 Å². The first-order valence-corrected chi connectivity index (χ1v) is 7.25. The van der Waals surface area contributed by atoms with Gasteiger partial charge in [-0.3, -0.25) is 0 Å². The molecular formula is C12H17NO2S. The molecule has 0 radical (unpaired) electrons. The highest BCUT2D eigenvalue weighted by Gasteiger charge is 2.33. The minimum absolute atomic E-state index is 0.285. The summed E-state index contributed by atoms with van der Waals surface area (Å²) in [7, 11) is -3.13. The Kier molecular flexibility index (Phi) is 2.93. The van der Waals surface area contributed by atoms with Gasteiger partial charge in [-0.05, 0) is 24.5 Å². The highest BCUT2D eigenvalue weighted by molar-refractivity contribution is 7.92. The van der Waals surface area contributed by atoms with Crippen LogP contribution in [0.5, 0.6) is 0 Å². The molecule has 88 valence electrons. The predicted molar refractivity (Wildman–Crippen MR) is 65.6 cm³/mol. The van der Waals surface area contributed by atoms with Crippen LogP contribution in [0.3, 0.4) is 0 Å². The monoisotopic (exact) mass is 239 g/mol. The van der Waals surface area contributed by atoms with Crippen molar-refractivity contribution in [2.24, 2.45) is 0 Å². The first-order valence-electron chi connectivity index (χ1n) is 5.70. The molecule has 1 aliphatic heterocycles. The van der Waals surface area contributed by atoms with Crippen LogP contribution < -0.4 is 5.32 Å². The van der Waals surface area contributed by atoms with Crippen LogP contribution in [0.1, 0.15) is 25.8 Å². The zero-order chi connectivity index (χ0) is 11.8. The number of anilines is 1. The first kappa shape index (κ1) is 11.5. The minimum atomic E-state index is -3.13. The molecule has 1 unspecified atom stereocenters. The summed E-state index contributed by atoms with van der Waals surface area (Å²) in [6.07, 6.45) is 1.51. The second kappa shape index (κ2) is 4.09. The Morgan fingerprint density at radius 1 is 1.38 bits per heavy atom. The van der Waals surface area contributed by atoms with Crippen molar-refractivity contribution in [3.05, 3.63) is 23.8 Å². The fourth-order valence-electron chi connectivity index (χ4n) is 2.18. The summed E-state index contributed by atoms with van der Waals surface area (Å²) in [5, 5.41) is 2.97. The predicted octanol–water partition coefficient (Wildman–Crippen LogP) is 2.23. The Balaban J connectivity index is 2.61. The van der Waals surface area contributed by atoms with Gasteiger partial charge in [-0.15, -0.1) is 0 Å². The molecule has 0 bridgehead atoms. The van der Waals surface area contributed by atoms with Gasteiger partial charge in [0.05, 0.1) is 15.8 Å². The standard InChI is InChI=1S/C12H17NO2S/c1-3-9-6-5-7-11-12(9)13-8-10(4-2)16(11,14)15/h5-7,10,13H,3-4,8H2,1-2H3. The van der Waals surface area contributed by atoms with Gasteiger partial charge in [0.1, 0.15) is 0 Å². The average molecular weight is 239 g/mol. The number of fused-ring (bicyclic) bond motifs is 1. The number of rotatable bonds is 2. The topological polar surface area (TPSA) is 46.2 Å². The molecule has 1 N–H and O–H groups in total. The average Bonchev–Trinajstić information content (AvgIpc) is 2.28. The van der Waals surface area contributed by atoms with Crippen molar-refractivity contribution < 1.29 is 8.42 Å². The number of hydrogen-bond acceptors (Lipinski definition) is 3. The van der Waals surface area contributed by atoms with Crippen LogP contribution in [0, 0.1) is 0 Å². The van der Waals surface area contributed by atoms with Crippen molar-refractivity contribution in [3.63, 3.8) is 0 Å². The maximum Gasteiger partial charge on any atom is 0.184 e. The number of benzene rings is 1. The zero-order valence-corrected chi connectivity index (χ0v) is 10.5. The molecular weight excluding hydrogens is 222 g/mol. The number of sulfone groups is 1. The molecule has 0 saturated carbocycles. The number of hydrogen-bond donors (Lipinski definition) is 1. The summed E-state index contributed by atoms with van der Waals surface area (Å²) in [6.45, 7) is 4.48. The Bertz CT molecular complexity index is 494. The van der Waals surface area contributed by atoms with Gasteiger partial charge >= 0.3 is 0 Å². The Hall–Kier alpha value is -1.03. The summed E-state index contributed by atoms with van der Waals surface area (Å²) in [5.41, 5.74) is 1.89. The van der Waals surface area contributed by atoms with Crippen LogP contribution in [-0.4, -0.2) is 20.2 Å². The van der Waals surface area contributed by atoms with E-state index in [2.05, 4.69) is 5.32 Å². The van der Waals surface area contributed by atoms with Crippen molar-refractivity contribution in [1.82, 2.24) is 0 Å². The molecule has 16 heavy (non-hydrogen) atoms. The highest BCUT2D eigenvalue weighted by atomic mass is 32.2. The van der Waals surface area contributed by atoms with E-state index in [1.165, 1.54) is 0 Å². The van der Waals surface area contributed by atoms with E-state index < -0.39 is 9.84 Å². The lowest BCUT2D eigenvalue weighted by Crippen LogP contribution is -2.34. The van der Waals surface area contributed by atoms with E-state index in [0.717, 1.165) is 17.7 Å². The third-order valence-corrected chi connectivity index (χ3v) is 5.53. The Morgan fingerprint density at radius 3 is 2.75 bits per heavy atom. The summed E-state index contributed by atoms with van der Waals surface area (Å²) >= 11 is 0. The fourth-order valence-corrected chi connectivity index (χ4v) is 4.03. The molecule has 1 aromatic rings. The minimum Gasteiger partial charge on any atom is -0.382 e. The molecule has 1 aromatic carbocycles. The van der Waals surface area contributed by atoms with Crippen LogP contribution in [0.4, 0.5) is 5.69 Å². The maximum absolute atomic E-state index is 12.3. The normalized spacial score (nSPS) is 22.2. The van der Waals surface area contributed by atoms with Gasteiger partial charge in [-0.25, -0.2) is 8.42 Å². The molecule has 1 heterocycles. The molecule has 0 spiro atoms. The van der Waals surface area contributed by atoms with Crippen LogP contribution in [0.2, 0.25) is 0 Å². The van der Waals surface area contributed by atoms with Crippen molar-refractivity contribution in [2.75, 3.05) is 11.9 Å². The lowest BCUT2D eigenvalue weighted by Gasteiger charge is -2.27. The van der Waals surface area contributed by atoms with E-state index in [0.29, 0.717) is 17.9 Å². The molecule has 2 rings (SSSR count). The lowest BCUT2D eigenvalue weighted by atomic mass is 10.1. The Morgan fingerprint density at radius 2 is 2.12 bits per heavy atom. The summed E-state index contributed by atoms with van der Waals surface area (Å²) < 4.78 is 24.5. The van der Waals surface area contributed by atoms with Crippen molar-refractivity contribution in [3.8, 4) is 0 Å². The van der Waals surface area contributed by atoms with Gasteiger partial charge in [0, 0.05) is 6.54 Å². The van der Waals surface area contributed by atoms with E-state index in [4.69, 9.17) is 0 Å². The SMILES string of the molecule is CCc1cccc2c1NCC(CC)S2(=O)=O. The summed E-state index contributed by atoms with van der Waals surface area (Å²) in [4.78, 5) is 0.477. The maximum atomic E-state index is 12.3. The Labute approximate surface area is 96.8 Å². The molecule has 3 nitrogen and oxygen atoms in total. The van der Waals surface area contributed by atoms with Crippen LogP contribution in [0.15, 0.2) is 23.1 Å². The largest absolute Gasteiger partial charge is 0.382 e. The number of para-hydroxylation sites is 1. The van der Waals surface area contributed by atoms with Crippen molar-refractivity contribution in [1.29, 1.82) is 0 Å². The van der Waals surface area contributed by atoms with Crippen LogP contribution in [-0.2, 0) is 16.3 Å². The van der Waals surface area contributed by atoms with E-state index >= 15 is 0 Å². The fraction of sp³-hybridized carbons (Fsp3) is 0.500. The van der Waals surface area contributed by atoms with Gasteiger partial charge in [-0.2, -0.15) is 0 Å². The van der Waals surface area contributed by atoms with Gasteiger partial charge in [0.25, 0.3) is 0 Å². The third-order valence-electron chi connectivity index (χ3n) is 3.20. The molecule has 1 atom stereocenters. The van der Waals surface area contributed by atoms with E-state index in [1.54, 1.807) is 6.07 Å². The van der Waals surface area contributed by atoms with Gasteiger partial charge in [0.15, 0.2) is 9.84 Å². The van der Waals surface area contributed by atoms with Crippen LogP contribution in [0.25, 0.3) is 0 Å². The smallest absolute Gasteiger partial charge is 0.184 e. The van der Waals surface area contributed by atoms with Crippen molar-refractivity contribution >= 4 is 15.5 Å². The number of aryl methyl sites for hydroxylation is 1. The first-order chi connectivity index (χ1) is 7.61. The summed E-state index contributed by atoms with van der Waals surface area (Å²) in [6, 6.07) is 5.52. The quantitative estimate of drug-likeness (QED) is 0.860.